The van der Waals surface area contributed by atoms with Gasteiger partial charge in [-0.25, -0.2) is 4.98 Å². The fraction of sp³-hybridized carbons (Fsp3) is 0.333. The van der Waals surface area contributed by atoms with E-state index in [1.165, 1.54) is 0 Å². The van der Waals surface area contributed by atoms with E-state index in [2.05, 4.69) is 14.9 Å². The fourth-order valence-corrected chi connectivity index (χ4v) is 3.32. The van der Waals surface area contributed by atoms with Crippen LogP contribution in [0.2, 0.25) is 0 Å². The summed E-state index contributed by atoms with van der Waals surface area (Å²) in [4.78, 5) is 10.2. The van der Waals surface area contributed by atoms with Crippen molar-refractivity contribution in [2.75, 3.05) is 39.5 Å². The SMILES string of the molecule is Cl.FC(F)(F)c1cc(OCc2ccccc2)nc(-c2ccc(OCCN3CCOCC3)cc2)n1. The number of benzene rings is 2. The van der Waals surface area contributed by atoms with Crippen LogP contribution in [0.25, 0.3) is 11.4 Å². The van der Waals surface area contributed by atoms with Gasteiger partial charge in [0.1, 0.15) is 19.0 Å². The number of aromatic nitrogens is 2. The van der Waals surface area contributed by atoms with Crippen molar-refractivity contribution in [3.8, 4) is 23.0 Å². The molecule has 4 rings (SSSR count). The molecule has 0 spiro atoms. The molecule has 182 valence electrons. The standard InChI is InChI=1S/C24H24F3N3O3.ClH/c25-24(26,27)21-16-22(33-17-18-4-2-1-3-5-18)29-23(28-21)19-6-8-20(9-7-19)32-15-12-30-10-13-31-14-11-30;/h1-9,16H,10-15,17H2;1H. The van der Waals surface area contributed by atoms with E-state index in [-0.39, 0.29) is 30.7 Å². The maximum absolute atomic E-state index is 13.4. The summed E-state index contributed by atoms with van der Waals surface area (Å²) >= 11 is 0. The van der Waals surface area contributed by atoms with Crippen molar-refractivity contribution in [1.29, 1.82) is 0 Å². The highest BCUT2D eigenvalue weighted by molar-refractivity contribution is 5.85. The number of rotatable bonds is 8. The van der Waals surface area contributed by atoms with E-state index in [9.17, 15) is 13.2 Å². The Hall–Kier alpha value is -2.88. The predicted octanol–water partition coefficient (Wildman–Crippen LogP) is 4.87. The van der Waals surface area contributed by atoms with Gasteiger partial charge in [0.05, 0.1) is 13.2 Å². The monoisotopic (exact) mass is 495 g/mol. The van der Waals surface area contributed by atoms with Gasteiger partial charge in [-0.3, -0.25) is 4.90 Å². The van der Waals surface area contributed by atoms with Crippen molar-refractivity contribution < 1.29 is 27.4 Å². The second-order valence-corrected chi connectivity index (χ2v) is 7.51. The molecule has 1 saturated heterocycles. The smallest absolute Gasteiger partial charge is 0.433 e. The molecule has 0 N–H and O–H groups in total. The van der Waals surface area contributed by atoms with Gasteiger partial charge < -0.3 is 14.2 Å². The molecule has 1 fully saturated rings. The molecule has 0 saturated carbocycles. The second-order valence-electron chi connectivity index (χ2n) is 7.51. The fourth-order valence-electron chi connectivity index (χ4n) is 3.32. The van der Waals surface area contributed by atoms with Crippen LogP contribution in [0.4, 0.5) is 13.2 Å². The van der Waals surface area contributed by atoms with Gasteiger partial charge in [0.15, 0.2) is 11.5 Å². The van der Waals surface area contributed by atoms with Crippen molar-refractivity contribution in [2.45, 2.75) is 12.8 Å². The second kappa shape index (κ2) is 12.0. The molecule has 0 atom stereocenters. The molecule has 0 aliphatic carbocycles. The van der Waals surface area contributed by atoms with Crippen LogP contribution in [-0.2, 0) is 17.5 Å². The third-order valence-corrected chi connectivity index (χ3v) is 5.12. The van der Waals surface area contributed by atoms with Crippen molar-refractivity contribution in [2.24, 2.45) is 0 Å². The summed E-state index contributed by atoms with van der Waals surface area (Å²) in [5.41, 5.74) is 0.206. The molecule has 0 unspecified atom stereocenters. The third-order valence-electron chi connectivity index (χ3n) is 5.12. The number of nitrogens with zero attached hydrogens (tertiary/aromatic N) is 3. The molecule has 2 aromatic carbocycles. The van der Waals surface area contributed by atoms with E-state index >= 15 is 0 Å². The van der Waals surface area contributed by atoms with Crippen LogP contribution < -0.4 is 9.47 Å². The number of alkyl halides is 3. The molecule has 0 amide bonds. The first-order valence-electron chi connectivity index (χ1n) is 10.6. The molecule has 0 radical (unpaired) electrons. The molecule has 2 heterocycles. The van der Waals surface area contributed by atoms with Gasteiger partial charge in [-0.15, -0.1) is 12.4 Å². The molecular formula is C24H25ClF3N3O3. The molecular weight excluding hydrogens is 471 g/mol. The summed E-state index contributed by atoms with van der Waals surface area (Å²) in [6, 6.07) is 16.6. The Kier molecular flexibility index (Phi) is 9.09. The van der Waals surface area contributed by atoms with Crippen molar-refractivity contribution >= 4 is 12.4 Å². The average Bonchev–Trinajstić information content (AvgIpc) is 2.84. The van der Waals surface area contributed by atoms with Gasteiger partial charge in [0.25, 0.3) is 0 Å². The number of hydrogen-bond donors (Lipinski definition) is 0. The highest BCUT2D eigenvalue weighted by Gasteiger charge is 2.34. The van der Waals surface area contributed by atoms with Crippen LogP contribution in [0.3, 0.4) is 0 Å². The maximum atomic E-state index is 13.4. The minimum atomic E-state index is -4.62. The van der Waals surface area contributed by atoms with E-state index < -0.39 is 11.9 Å². The Labute approximate surface area is 202 Å². The lowest BCUT2D eigenvalue weighted by atomic mass is 10.2. The minimum Gasteiger partial charge on any atom is -0.492 e. The topological polar surface area (TPSA) is 56.7 Å². The van der Waals surface area contributed by atoms with Gasteiger partial charge in [0, 0.05) is 31.3 Å². The van der Waals surface area contributed by atoms with Gasteiger partial charge in [-0.05, 0) is 29.8 Å². The van der Waals surface area contributed by atoms with E-state index in [0.29, 0.717) is 17.9 Å². The third kappa shape index (κ3) is 7.31. The molecule has 6 nitrogen and oxygen atoms in total. The number of hydrogen-bond acceptors (Lipinski definition) is 6. The summed E-state index contributed by atoms with van der Waals surface area (Å²) in [6.07, 6.45) is -4.62. The van der Waals surface area contributed by atoms with Crippen molar-refractivity contribution in [3.63, 3.8) is 0 Å². The van der Waals surface area contributed by atoms with Gasteiger partial charge in [0.2, 0.25) is 5.88 Å². The predicted molar refractivity (Wildman–Crippen MR) is 123 cm³/mol. The molecule has 3 aromatic rings. The lowest BCUT2D eigenvalue weighted by Crippen LogP contribution is -2.38. The molecule has 1 aliphatic rings. The number of halogens is 4. The van der Waals surface area contributed by atoms with E-state index in [4.69, 9.17) is 14.2 Å². The lowest BCUT2D eigenvalue weighted by Gasteiger charge is -2.26. The van der Waals surface area contributed by atoms with Gasteiger partial charge in [-0.2, -0.15) is 18.2 Å². The molecule has 0 bridgehead atoms. The zero-order valence-electron chi connectivity index (χ0n) is 18.3. The van der Waals surface area contributed by atoms with Crippen molar-refractivity contribution in [1.82, 2.24) is 14.9 Å². The normalized spacial score (nSPS) is 14.3. The van der Waals surface area contributed by atoms with Gasteiger partial charge in [-0.1, -0.05) is 30.3 Å². The van der Waals surface area contributed by atoms with E-state index in [1.54, 1.807) is 24.3 Å². The Morgan fingerprint density at radius 3 is 2.29 bits per heavy atom. The number of ether oxygens (including phenoxy) is 3. The van der Waals surface area contributed by atoms with Crippen LogP contribution in [0, 0.1) is 0 Å². The minimum absolute atomic E-state index is 0. The van der Waals surface area contributed by atoms with E-state index in [1.807, 2.05) is 30.3 Å². The molecule has 1 aliphatic heterocycles. The average molecular weight is 496 g/mol. The zero-order chi connectivity index (χ0) is 23.1. The summed E-state index contributed by atoms with van der Waals surface area (Å²) in [5, 5.41) is 0. The van der Waals surface area contributed by atoms with Crippen LogP contribution in [0.15, 0.2) is 60.7 Å². The van der Waals surface area contributed by atoms with Gasteiger partial charge >= 0.3 is 6.18 Å². The Morgan fingerprint density at radius 2 is 1.62 bits per heavy atom. The summed E-state index contributed by atoms with van der Waals surface area (Å²) in [7, 11) is 0. The largest absolute Gasteiger partial charge is 0.492 e. The van der Waals surface area contributed by atoms with Crippen LogP contribution in [-0.4, -0.2) is 54.3 Å². The number of morpholine rings is 1. The first-order valence-corrected chi connectivity index (χ1v) is 10.6. The summed E-state index contributed by atoms with van der Waals surface area (Å²) in [5.74, 6) is 0.425. The quantitative estimate of drug-likeness (QED) is 0.444. The summed E-state index contributed by atoms with van der Waals surface area (Å²) < 4.78 is 56.8. The van der Waals surface area contributed by atoms with Crippen LogP contribution in [0.5, 0.6) is 11.6 Å². The summed E-state index contributed by atoms with van der Waals surface area (Å²) in [6.45, 7) is 4.60. The van der Waals surface area contributed by atoms with Crippen LogP contribution in [0.1, 0.15) is 11.3 Å². The highest BCUT2D eigenvalue weighted by atomic mass is 35.5. The zero-order valence-corrected chi connectivity index (χ0v) is 19.1. The highest BCUT2D eigenvalue weighted by Crippen LogP contribution is 2.32. The first kappa shape index (κ1) is 25.7. The Bertz CT molecular complexity index is 1030. The van der Waals surface area contributed by atoms with Crippen LogP contribution >= 0.6 is 12.4 Å². The Balaban J connectivity index is 0.00000324. The Morgan fingerprint density at radius 1 is 0.912 bits per heavy atom. The van der Waals surface area contributed by atoms with E-state index in [0.717, 1.165) is 44.5 Å². The maximum Gasteiger partial charge on any atom is 0.433 e. The molecule has 34 heavy (non-hydrogen) atoms. The van der Waals surface area contributed by atoms with Crippen molar-refractivity contribution in [3.05, 3.63) is 71.9 Å². The first-order chi connectivity index (χ1) is 16.0. The molecule has 10 heteroatoms. The molecule has 1 aromatic heterocycles. The lowest BCUT2D eigenvalue weighted by molar-refractivity contribution is -0.141.